The van der Waals surface area contributed by atoms with Crippen LogP contribution >= 0.6 is 11.3 Å². The van der Waals surface area contributed by atoms with Gasteiger partial charge in [-0.05, 0) is 17.0 Å². The number of aromatic nitrogens is 2. The van der Waals surface area contributed by atoms with E-state index in [1.54, 1.807) is 11.3 Å². The fourth-order valence-electron chi connectivity index (χ4n) is 2.36. The summed E-state index contributed by atoms with van der Waals surface area (Å²) in [4.78, 5) is 9.09. The van der Waals surface area contributed by atoms with Gasteiger partial charge in [0, 0.05) is 28.9 Å². The first-order valence-electron chi connectivity index (χ1n) is 7.01. The first-order chi connectivity index (χ1) is 10.1. The van der Waals surface area contributed by atoms with Gasteiger partial charge in [-0.25, -0.2) is 4.98 Å². The lowest BCUT2D eigenvalue weighted by Gasteiger charge is -2.21. The Bertz CT molecular complexity index is 739. The Balaban J connectivity index is 2.06. The summed E-state index contributed by atoms with van der Waals surface area (Å²) in [5.74, 6) is 0. The minimum absolute atomic E-state index is 0.0802. The summed E-state index contributed by atoms with van der Waals surface area (Å²) in [7, 11) is 0. The van der Waals surface area contributed by atoms with Crippen molar-refractivity contribution in [1.29, 1.82) is 0 Å². The van der Waals surface area contributed by atoms with E-state index in [0.717, 1.165) is 21.8 Å². The number of hydrogen-bond acceptors (Lipinski definition) is 3. The van der Waals surface area contributed by atoms with Crippen molar-refractivity contribution in [2.45, 2.75) is 26.2 Å². The van der Waals surface area contributed by atoms with Gasteiger partial charge in [0.1, 0.15) is 5.01 Å². The lowest BCUT2D eigenvalue weighted by Crippen LogP contribution is -2.12. The lowest BCUT2D eigenvalue weighted by molar-refractivity contribution is 0.591. The fraction of sp³-hybridized carbons (Fsp3) is 0.222. The molecule has 0 unspecified atom stereocenters. The van der Waals surface area contributed by atoms with Crippen LogP contribution in [-0.4, -0.2) is 9.97 Å². The van der Waals surface area contributed by atoms with Crippen LogP contribution in [0.3, 0.4) is 0 Å². The number of benzene rings is 1. The van der Waals surface area contributed by atoms with E-state index in [4.69, 9.17) is 4.98 Å². The largest absolute Gasteiger partial charge is 0.264 e. The van der Waals surface area contributed by atoms with Crippen LogP contribution in [0.25, 0.3) is 21.8 Å². The SMILES string of the molecule is CC(C)(C)c1ccncc1-c1nc(-c2ccccc2)cs1. The summed E-state index contributed by atoms with van der Waals surface area (Å²) in [6.07, 6.45) is 3.78. The van der Waals surface area contributed by atoms with Crippen molar-refractivity contribution in [3.63, 3.8) is 0 Å². The van der Waals surface area contributed by atoms with Gasteiger partial charge in [-0.1, -0.05) is 51.1 Å². The average Bonchev–Trinajstić information content (AvgIpc) is 2.97. The number of rotatable bonds is 2. The van der Waals surface area contributed by atoms with E-state index in [9.17, 15) is 0 Å². The van der Waals surface area contributed by atoms with E-state index < -0.39 is 0 Å². The highest BCUT2D eigenvalue weighted by Gasteiger charge is 2.20. The van der Waals surface area contributed by atoms with Gasteiger partial charge >= 0.3 is 0 Å². The molecule has 3 rings (SSSR count). The molecule has 2 nitrogen and oxygen atoms in total. The number of pyridine rings is 1. The van der Waals surface area contributed by atoms with E-state index in [1.807, 2.05) is 30.6 Å². The fourth-order valence-corrected chi connectivity index (χ4v) is 3.21. The van der Waals surface area contributed by atoms with E-state index >= 15 is 0 Å². The predicted molar refractivity (Wildman–Crippen MR) is 89.5 cm³/mol. The molecule has 0 bridgehead atoms. The van der Waals surface area contributed by atoms with Crippen LogP contribution in [0.2, 0.25) is 0 Å². The summed E-state index contributed by atoms with van der Waals surface area (Å²) in [5.41, 5.74) is 4.68. The van der Waals surface area contributed by atoms with Crippen LogP contribution in [-0.2, 0) is 5.41 Å². The zero-order chi connectivity index (χ0) is 14.9. The van der Waals surface area contributed by atoms with Crippen LogP contribution in [0, 0.1) is 0 Å². The molecule has 0 spiro atoms. The second-order valence-electron chi connectivity index (χ2n) is 6.08. The van der Waals surface area contributed by atoms with Crippen LogP contribution in [0.5, 0.6) is 0 Å². The zero-order valence-electron chi connectivity index (χ0n) is 12.5. The monoisotopic (exact) mass is 294 g/mol. The molecular weight excluding hydrogens is 276 g/mol. The first kappa shape index (κ1) is 14.0. The number of thiazole rings is 1. The summed E-state index contributed by atoms with van der Waals surface area (Å²) in [5, 5.41) is 3.15. The highest BCUT2D eigenvalue weighted by molar-refractivity contribution is 7.13. The molecule has 2 heterocycles. The molecule has 1 aromatic carbocycles. The molecule has 0 fully saturated rings. The maximum absolute atomic E-state index is 4.80. The van der Waals surface area contributed by atoms with Crippen molar-refractivity contribution in [2.75, 3.05) is 0 Å². The third-order valence-electron chi connectivity index (χ3n) is 3.43. The van der Waals surface area contributed by atoms with Crippen molar-refractivity contribution in [1.82, 2.24) is 9.97 Å². The van der Waals surface area contributed by atoms with Crippen LogP contribution in [0.15, 0.2) is 54.2 Å². The smallest absolute Gasteiger partial charge is 0.125 e. The van der Waals surface area contributed by atoms with E-state index in [-0.39, 0.29) is 5.41 Å². The third-order valence-corrected chi connectivity index (χ3v) is 4.31. The standard InChI is InChI=1S/C18H18N2S/c1-18(2,3)15-9-10-19-11-14(15)17-20-16(12-21-17)13-7-5-4-6-8-13/h4-12H,1-3H3. The minimum atomic E-state index is 0.0802. The molecule has 3 aromatic rings. The predicted octanol–water partition coefficient (Wildman–Crippen LogP) is 5.17. The molecule has 0 N–H and O–H groups in total. The topological polar surface area (TPSA) is 25.8 Å². The van der Waals surface area contributed by atoms with Crippen molar-refractivity contribution in [2.24, 2.45) is 0 Å². The molecule has 0 aliphatic heterocycles. The number of hydrogen-bond donors (Lipinski definition) is 0. The van der Waals surface area contributed by atoms with Crippen molar-refractivity contribution >= 4 is 11.3 Å². The molecule has 3 heteroatoms. The molecule has 106 valence electrons. The van der Waals surface area contributed by atoms with E-state index in [0.29, 0.717) is 0 Å². The second kappa shape index (κ2) is 5.41. The summed E-state index contributed by atoms with van der Waals surface area (Å²) in [6, 6.07) is 12.4. The van der Waals surface area contributed by atoms with Crippen LogP contribution in [0.1, 0.15) is 26.3 Å². The lowest BCUT2D eigenvalue weighted by atomic mass is 9.85. The molecule has 0 aliphatic carbocycles. The van der Waals surface area contributed by atoms with Crippen molar-refractivity contribution < 1.29 is 0 Å². The van der Waals surface area contributed by atoms with Gasteiger partial charge in [-0.15, -0.1) is 11.3 Å². The van der Waals surface area contributed by atoms with Crippen molar-refractivity contribution in [3.05, 3.63) is 59.7 Å². The first-order valence-corrected chi connectivity index (χ1v) is 7.89. The Labute approximate surface area is 129 Å². The van der Waals surface area contributed by atoms with Gasteiger partial charge in [-0.3, -0.25) is 4.98 Å². The Morgan fingerprint density at radius 1 is 1.00 bits per heavy atom. The molecule has 2 aromatic heterocycles. The van der Waals surface area contributed by atoms with Gasteiger partial charge in [0.2, 0.25) is 0 Å². The highest BCUT2D eigenvalue weighted by atomic mass is 32.1. The molecule has 0 radical (unpaired) electrons. The molecule has 0 saturated heterocycles. The Morgan fingerprint density at radius 2 is 1.76 bits per heavy atom. The Kier molecular flexibility index (Phi) is 3.60. The second-order valence-corrected chi connectivity index (χ2v) is 6.93. The van der Waals surface area contributed by atoms with Gasteiger partial charge in [0.05, 0.1) is 5.69 Å². The Morgan fingerprint density at radius 3 is 2.48 bits per heavy atom. The van der Waals surface area contributed by atoms with Crippen molar-refractivity contribution in [3.8, 4) is 21.8 Å². The molecule has 21 heavy (non-hydrogen) atoms. The van der Waals surface area contributed by atoms with Gasteiger partial charge in [0.25, 0.3) is 0 Å². The normalized spacial score (nSPS) is 11.6. The molecular formula is C18H18N2S. The molecule has 0 aliphatic rings. The summed E-state index contributed by atoms with van der Waals surface area (Å²) in [6.45, 7) is 6.66. The van der Waals surface area contributed by atoms with Gasteiger partial charge < -0.3 is 0 Å². The van der Waals surface area contributed by atoms with Crippen LogP contribution < -0.4 is 0 Å². The maximum atomic E-state index is 4.80. The quantitative estimate of drug-likeness (QED) is 0.651. The van der Waals surface area contributed by atoms with Gasteiger partial charge in [0.15, 0.2) is 0 Å². The number of nitrogens with zero attached hydrogens (tertiary/aromatic N) is 2. The van der Waals surface area contributed by atoms with Gasteiger partial charge in [-0.2, -0.15) is 0 Å². The molecule has 0 saturated carbocycles. The molecule has 0 amide bonds. The van der Waals surface area contributed by atoms with E-state index in [1.165, 1.54) is 5.56 Å². The minimum Gasteiger partial charge on any atom is -0.264 e. The third kappa shape index (κ3) is 2.88. The summed E-state index contributed by atoms with van der Waals surface area (Å²) < 4.78 is 0. The van der Waals surface area contributed by atoms with Crippen LogP contribution in [0.4, 0.5) is 0 Å². The Hall–Kier alpha value is -2.00. The highest BCUT2D eigenvalue weighted by Crippen LogP contribution is 2.35. The zero-order valence-corrected chi connectivity index (χ0v) is 13.3. The molecule has 0 atom stereocenters. The van der Waals surface area contributed by atoms with E-state index in [2.05, 4.69) is 49.3 Å². The summed E-state index contributed by atoms with van der Waals surface area (Å²) >= 11 is 1.68. The maximum Gasteiger partial charge on any atom is 0.125 e. The average molecular weight is 294 g/mol.